The van der Waals surface area contributed by atoms with Gasteiger partial charge in [-0.3, -0.25) is 4.79 Å². The first-order chi connectivity index (χ1) is 10.9. The van der Waals surface area contributed by atoms with Gasteiger partial charge in [0.15, 0.2) is 0 Å². The van der Waals surface area contributed by atoms with Crippen molar-refractivity contribution < 1.29 is 23.5 Å². The molecule has 2 rings (SSSR count). The summed E-state index contributed by atoms with van der Waals surface area (Å²) in [6, 6.07) is 7.87. The zero-order valence-corrected chi connectivity index (χ0v) is 12.7. The molecule has 120 valence electrons. The van der Waals surface area contributed by atoms with E-state index in [-0.39, 0.29) is 11.6 Å². The van der Waals surface area contributed by atoms with E-state index in [1.807, 2.05) is 0 Å². The molecule has 8 heteroatoms. The number of nitrogens with one attached hydrogen (secondary N) is 2. The standard InChI is InChI=1S/C15H12F2N2O3S/c1-18-14(20)8-2-4-9(5-3-8)23-19-13-7-11(16)10(15(21)22)6-12(13)17/h2-7,19H,1H3,(H,18,20)(H,21,22). The molecule has 0 atom stereocenters. The average Bonchev–Trinajstić information content (AvgIpc) is 2.54. The van der Waals surface area contributed by atoms with Crippen LogP contribution >= 0.6 is 11.9 Å². The lowest BCUT2D eigenvalue weighted by Gasteiger charge is -2.08. The second kappa shape index (κ2) is 7.10. The second-order valence-electron chi connectivity index (χ2n) is 4.42. The Morgan fingerprint density at radius 2 is 1.74 bits per heavy atom. The first kappa shape index (κ1) is 16.8. The first-order valence-electron chi connectivity index (χ1n) is 6.39. The minimum Gasteiger partial charge on any atom is -0.478 e. The molecular weight excluding hydrogens is 326 g/mol. The van der Waals surface area contributed by atoms with Crippen molar-refractivity contribution in [2.24, 2.45) is 0 Å². The van der Waals surface area contributed by atoms with Gasteiger partial charge >= 0.3 is 5.97 Å². The molecule has 23 heavy (non-hydrogen) atoms. The minimum atomic E-state index is -1.54. The normalized spacial score (nSPS) is 10.2. The molecule has 0 bridgehead atoms. The van der Waals surface area contributed by atoms with Crippen molar-refractivity contribution in [3.8, 4) is 0 Å². The van der Waals surface area contributed by atoms with E-state index in [9.17, 15) is 18.4 Å². The zero-order valence-electron chi connectivity index (χ0n) is 11.9. The third-order valence-corrected chi connectivity index (χ3v) is 3.74. The number of carbonyl (C=O) groups excluding carboxylic acids is 1. The van der Waals surface area contributed by atoms with Crippen molar-refractivity contribution in [2.45, 2.75) is 4.90 Å². The lowest BCUT2D eigenvalue weighted by Crippen LogP contribution is -2.17. The summed E-state index contributed by atoms with van der Waals surface area (Å²) in [7, 11) is 1.52. The van der Waals surface area contributed by atoms with Crippen LogP contribution in [0.25, 0.3) is 0 Å². The van der Waals surface area contributed by atoms with Gasteiger partial charge in [-0.15, -0.1) is 0 Å². The summed E-state index contributed by atoms with van der Waals surface area (Å²) in [5.41, 5.74) is -0.430. The molecule has 0 aliphatic rings. The Bertz CT molecular complexity index is 751. The Hall–Kier alpha value is -2.61. The van der Waals surface area contributed by atoms with Crippen molar-refractivity contribution in [1.82, 2.24) is 5.32 Å². The van der Waals surface area contributed by atoms with E-state index in [1.54, 1.807) is 24.3 Å². The molecule has 0 aromatic heterocycles. The molecule has 0 radical (unpaired) electrons. The number of carbonyl (C=O) groups is 2. The number of carboxylic acid groups (broad SMARTS) is 1. The fourth-order valence-electron chi connectivity index (χ4n) is 1.72. The van der Waals surface area contributed by atoms with Crippen molar-refractivity contribution in [2.75, 3.05) is 11.8 Å². The van der Waals surface area contributed by atoms with Gasteiger partial charge in [0, 0.05) is 23.6 Å². The van der Waals surface area contributed by atoms with E-state index in [0.717, 1.165) is 18.0 Å². The number of hydrogen-bond donors (Lipinski definition) is 3. The fourth-order valence-corrected chi connectivity index (χ4v) is 2.38. The summed E-state index contributed by atoms with van der Waals surface area (Å²) < 4.78 is 29.9. The summed E-state index contributed by atoms with van der Waals surface area (Å²) in [4.78, 5) is 22.8. The predicted octanol–water partition coefficient (Wildman–Crippen LogP) is 3.14. The van der Waals surface area contributed by atoms with E-state index >= 15 is 0 Å². The van der Waals surface area contributed by atoms with Gasteiger partial charge in [-0.05, 0) is 42.3 Å². The number of rotatable bonds is 5. The molecule has 3 N–H and O–H groups in total. The number of anilines is 1. The molecule has 0 saturated heterocycles. The lowest BCUT2D eigenvalue weighted by atomic mass is 10.2. The number of aromatic carboxylic acids is 1. The first-order valence-corrected chi connectivity index (χ1v) is 7.21. The van der Waals surface area contributed by atoms with Crippen LogP contribution in [0.1, 0.15) is 20.7 Å². The van der Waals surface area contributed by atoms with Gasteiger partial charge in [0.1, 0.15) is 11.6 Å². The molecule has 2 aromatic carbocycles. The Labute approximate surface area is 134 Å². The van der Waals surface area contributed by atoms with Crippen molar-refractivity contribution >= 4 is 29.5 Å². The maximum atomic E-state index is 13.8. The van der Waals surface area contributed by atoms with Crippen molar-refractivity contribution in [3.05, 3.63) is 59.2 Å². The van der Waals surface area contributed by atoms with Gasteiger partial charge in [-0.2, -0.15) is 0 Å². The average molecular weight is 338 g/mol. The molecule has 0 fully saturated rings. The van der Waals surface area contributed by atoms with Gasteiger partial charge in [0.25, 0.3) is 5.91 Å². The Kier molecular flexibility index (Phi) is 5.17. The molecule has 2 aromatic rings. The lowest BCUT2D eigenvalue weighted by molar-refractivity contribution is 0.0691. The van der Waals surface area contributed by atoms with E-state index in [4.69, 9.17) is 5.11 Å². The van der Waals surface area contributed by atoms with Crippen LogP contribution in [0.3, 0.4) is 0 Å². The zero-order chi connectivity index (χ0) is 17.0. The van der Waals surface area contributed by atoms with Gasteiger partial charge in [-0.1, -0.05) is 0 Å². The summed E-state index contributed by atoms with van der Waals surface area (Å²) >= 11 is 1.00. The van der Waals surface area contributed by atoms with Crippen LogP contribution in [0.2, 0.25) is 0 Å². The maximum absolute atomic E-state index is 13.8. The summed E-state index contributed by atoms with van der Waals surface area (Å²) in [5, 5.41) is 11.2. The van der Waals surface area contributed by atoms with Gasteiger partial charge in [0.2, 0.25) is 0 Å². The maximum Gasteiger partial charge on any atom is 0.338 e. The number of halogens is 2. The van der Waals surface area contributed by atoms with E-state index < -0.39 is 23.2 Å². The van der Waals surface area contributed by atoms with Gasteiger partial charge in [0.05, 0.1) is 11.3 Å². The molecule has 1 amide bonds. The highest BCUT2D eigenvalue weighted by Crippen LogP contribution is 2.26. The topological polar surface area (TPSA) is 78.4 Å². The van der Waals surface area contributed by atoms with Crippen LogP contribution in [-0.4, -0.2) is 24.0 Å². The number of amides is 1. The highest BCUT2D eigenvalue weighted by molar-refractivity contribution is 8.00. The molecule has 0 spiro atoms. The number of benzene rings is 2. The predicted molar refractivity (Wildman–Crippen MR) is 82.6 cm³/mol. The fraction of sp³-hybridized carbons (Fsp3) is 0.0667. The van der Waals surface area contributed by atoms with Crippen LogP contribution < -0.4 is 10.0 Å². The van der Waals surface area contributed by atoms with E-state index in [1.165, 1.54) is 7.05 Å². The number of carboxylic acids is 1. The van der Waals surface area contributed by atoms with Crippen molar-refractivity contribution in [1.29, 1.82) is 0 Å². The molecule has 5 nitrogen and oxygen atoms in total. The third-order valence-electron chi connectivity index (χ3n) is 2.91. The SMILES string of the molecule is CNC(=O)c1ccc(SNc2cc(F)c(C(=O)O)cc2F)cc1. The van der Waals surface area contributed by atoms with Gasteiger partial charge in [-0.25, -0.2) is 13.6 Å². The van der Waals surface area contributed by atoms with Crippen LogP contribution in [0.4, 0.5) is 14.5 Å². The monoisotopic (exact) mass is 338 g/mol. The van der Waals surface area contributed by atoms with Crippen molar-refractivity contribution in [3.63, 3.8) is 0 Å². The van der Waals surface area contributed by atoms with Crippen LogP contribution in [0.5, 0.6) is 0 Å². The largest absolute Gasteiger partial charge is 0.478 e. The quantitative estimate of drug-likeness (QED) is 0.730. The van der Waals surface area contributed by atoms with Crippen LogP contribution in [-0.2, 0) is 0 Å². The molecule has 0 aliphatic carbocycles. The van der Waals surface area contributed by atoms with Gasteiger partial charge < -0.3 is 15.1 Å². The minimum absolute atomic E-state index is 0.173. The molecule has 0 saturated carbocycles. The smallest absolute Gasteiger partial charge is 0.338 e. The summed E-state index contributed by atoms with van der Waals surface area (Å²) in [6.45, 7) is 0. The molecule has 0 aliphatic heterocycles. The molecule has 0 heterocycles. The van der Waals surface area contributed by atoms with Crippen LogP contribution in [0, 0.1) is 11.6 Å². The molecular formula is C15H12F2N2O3S. The Morgan fingerprint density at radius 1 is 1.09 bits per heavy atom. The number of hydrogen-bond acceptors (Lipinski definition) is 4. The molecule has 0 unspecified atom stereocenters. The Morgan fingerprint density at radius 3 is 2.30 bits per heavy atom. The third kappa shape index (κ3) is 3.98. The highest BCUT2D eigenvalue weighted by Gasteiger charge is 2.15. The Balaban J connectivity index is 2.10. The highest BCUT2D eigenvalue weighted by atomic mass is 32.2. The summed E-state index contributed by atoms with van der Waals surface area (Å²) in [6.07, 6.45) is 0. The van der Waals surface area contributed by atoms with E-state index in [2.05, 4.69) is 10.0 Å². The summed E-state index contributed by atoms with van der Waals surface area (Å²) in [5.74, 6) is -3.67. The van der Waals surface area contributed by atoms with E-state index in [0.29, 0.717) is 16.5 Å². The van der Waals surface area contributed by atoms with Crippen LogP contribution in [0.15, 0.2) is 41.3 Å². The second-order valence-corrected chi connectivity index (χ2v) is 5.30.